The van der Waals surface area contributed by atoms with Crippen molar-refractivity contribution in [3.63, 3.8) is 0 Å². The van der Waals surface area contributed by atoms with Gasteiger partial charge in [-0.3, -0.25) is 4.90 Å². The molecule has 1 saturated heterocycles. The lowest BCUT2D eigenvalue weighted by atomic mass is 9.81. The Morgan fingerprint density at radius 3 is 2.10 bits per heavy atom. The van der Waals surface area contributed by atoms with Crippen LogP contribution in [0.2, 0.25) is 0 Å². The topological polar surface area (TPSA) is 6.48 Å². The number of anilines is 1. The van der Waals surface area contributed by atoms with Gasteiger partial charge in [-0.25, -0.2) is 0 Å². The molecule has 0 saturated carbocycles. The van der Waals surface area contributed by atoms with Gasteiger partial charge in [0.2, 0.25) is 0 Å². The number of benzene rings is 3. The SMILES string of the molecule is Cc1ccccc1N1C(C(C)(C)C)N2C(c3ccccc3C2(C)c2ccccc2)[C@@H]1C. The van der Waals surface area contributed by atoms with Gasteiger partial charge in [0, 0.05) is 11.7 Å². The highest BCUT2D eigenvalue weighted by molar-refractivity contribution is 5.60. The van der Waals surface area contributed by atoms with Crippen LogP contribution in [0, 0.1) is 12.3 Å². The summed E-state index contributed by atoms with van der Waals surface area (Å²) < 4.78 is 0. The normalized spacial score (nSPS) is 27.9. The standard InChI is InChI=1S/C29H34N2/c1-20-14-10-13-19-25(20)30-21(2)26-23-17-11-12-18-24(23)29(6,22-15-8-7-9-16-22)31(26)27(30)28(3,4)5/h7-19,21,26-27H,1-6H3/t21-,26?,27?,29?/m0/s1. The van der Waals surface area contributed by atoms with Crippen LogP contribution < -0.4 is 4.90 Å². The second-order valence-electron chi connectivity index (χ2n) is 10.6. The van der Waals surface area contributed by atoms with Gasteiger partial charge in [-0.1, -0.05) is 93.6 Å². The first-order chi connectivity index (χ1) is 14.8. The predicted molar refractivity (Wildman–Crippen MR) is 130 cm³/mol. The van der Waals surface area contributed by atoms with Gasteiger partial charge < -0.3 is 4.90 Å². The number of hydrogen-bond donors (Lipinski definition) is 0. The highest BCUT2D eigenvalue weighted by Crippen LogP contribution is 2.59. The molecule has 3 aromatic rings. The quantitative estimate of drug-likeness (QED) is 0.453. The Hall–Kier alpha value is -2.58. The predicted octanol–water partition coefficient (Wildman–Crippen LogP) is 6.90. The third kappa shape index (κ3) is 2.81. The van der Waals surface area contributed by atoms with Crippen LogP contribution in [0.15, 0.2) is 78.9 Å². The van der Waals surface area contributed by atoms with Crippen LogP contribution in [0.5, 0.6) is 0 Å². The van der Waals surface area contributed by atoms with Crippen molar-refractivity contribution in [2.45, 2.75) is 65.3 Å². The number of aryl methyl sites for hydroxylation is 1. The maximum atomic E-state index is 2.82. The van der Waals surface area contributed by atoms with Gasteiger partial charge in [0.05, 0.1) is 17.7 Å². The number of hydrogen-bond acceptors (Lipinski definition) is 2. The maximum Gasteiger partial charge on any atom is 0.0889 e. The number of fused-ring (bicyclic) bond motifs is 3. The minimum Gasteiger partial charge on any atom is -0.350 e. The average Bonchev–Trinajstić information content (AvgIpc) is 3.21. The number of nitrogens with zero attached hydrogens (tertiary/aromatic N) is 2. The van der Waals surface area contributed by atoms with E-state index in [0.717, 1.165) is 0 Å². The van der Waals surface area contributed by atoms with Crippen molar-refractivity contribution >= 4 is 5.69 Å². The van der Waals surface area contributed by atoms with E-state index in [1.54, 1.807) is 0 Å². The van der Waals surface area contributed by atoms with Gasteiger partial charge in [0.15, 0.2) is 0 Å². The first-order valence-corrected chi connectivity index (χ1v) is 11.5. The van der Waals surface area contributed by atoms with Crippen molar-refractivity contribution in [1.82, 2.24) is 4.90 Å². The second-order valence-corrected chi connectivity index (χ2v) is 10.6. The molecule has 5 rings (SSSR count). The maximum absolute atomic E-state index is 2.82. The summed E-state index contributed by atoms with van der Waals surface area (Å²) in [5.41, 5.74) is 6.91. The van der Waals surface area contributed by atoms with E-state index in [4.69, 9.17) is 0 Å². The third-order valence-corrected chi connectivity index (χ3v) is 7.55. The molecule has 4 atom stereocenters. The van der Waals surface area contributed by atoms with E-state index in [-0.39, 0.29) is 17.1 Å². The fourth-order valence-corrected chi connectivity index (χ4v) is 6.27. The van der Waals surface area contributed by atoms with Crippen molar-refractivity contribution in [3.8, 4) is 0 Å². The van der Waals surface area contributed by atoms with Gasteiger partial charge >= 0.3 is 0 Å². The van der Waals surface area contributed by atoms with E-state index < -0.39 is 0 Å². The van der Waals surface area contributed by atoms with Gasteiger partial charge in [0.25, 0.3) is 0 Å². The molecule has 0 spiro atoms. The fraction of sp³-hybridized carbons (Fsp3) is 0.379. The molecule has 2 heteroatoms. The van der Waals surface area contributed by atoms with Crippen molar-refractivity contribution in [3.05, 3.63) is 101 Å². The van der Waals surface area contributed by atoms with Crippen LogP contribution in [0.25, 0.3) is 0 Å². The zero-order valence-electron chi connectivity index (χ0n) is 19.6. The van der Waals surface area contributed by atoms with Crippen molar-refractivity contribution in [2.75, 3.05) is 4.90 Å². The van der Waals surface area contributed by atoms with Gasteiger partial charge in [0.1, 0.15) is 0 Å². The molecule has 1 fully saturated rings. The molecule has 3 unspecified atom stereocenters. The summed E-state index contributed by atoms with van der Waals surface area (Å²) in [6, 6.07) is 29.8. The second kappa shape index (κ2) is 6.97. The van der Waals surface area contributed by atoms with E-state index in [0.29, 0.717) is 12.1 Å². The highest BCUT2D eigenvalue weighted by atomic mass is 15.5. The summed E-state index contributed by atoms with van der Waals surface area (Å²) >= 11 is 0. The van der Waals surface area contributed by atoms with Gasteiger partial charge in [-0.15, -0.1) is 0 Å². The molecule has 160 valence electrons. The Balaban J connectivity index is 1.79. The molecule has 0 N–H and O–H groups in total. The lowest BCUT2D eigenvalue weighted by Crippen LogP contribution is -2.54. The molecule has 0 aromatic heterocycles. The van der Waals surface area contributed by atoms with Gasteiger partial charge in [-0.05, 0) is 54.5 Å². The van der Waals surface area contributed by atoms with E-state index >= 15 is 0 Å². The minimum atomic E-state index is -0.174. The van der Waals surface area contributed by atoms with E-state index in [1.165, 1.54) is 27.9 Å². The monoisotopic (exact) mass is 410 g/mol. The summed E-state index contributed by atoms with van der Waals surface area (Å²) in [5.74, 6) is 0. The third-order valence-electron chi connectivity index (χ3n) is 7.55. The molecule has 2 aliphatic rings. The molecule has 3 aromatic carbocycles. The molecule has 2 aliphatic heterocycles. The Labute approximate surface area is 187 Å². The Bertz CT molecular complexity index is 1100. The molecular formula is C29H34N2. The fourth-order valence-electron chi connectivity index (χ4n) is 6.27. The average molecular weight is 411 g/mol. The van der Waals surface area contributed by atoms with Crippen LogP contribution in [-0.2, 0) is 5.54 Å². The summed E-state index contributed by atoms with van der Waals surface area (Å²) in [4.78, 5) is 5.53. The van der Waals surface area contributed by atoms with E-state index in [2.05, 4.69) is 130 Å². The van der Waals surface area contributed by atoms with Crippen LogP contribution >= 0.6 is 0 Å². The minimum absolute atomic E-state index is 0.0728. The van der Waals surface area contributed by atoms with E-state index in [1.807, 2.05) is 0 Å². The van der Waals surface area contributed by atoms with Crippen LogP contribution in [0.1, 0.15) is 62.9 Å². The zero-order chi connectivity index (χ0) is 22.0. The molecule has 31 heavy (non-hydrogen) atoms. The lowest BCUT2D eigenvalue weighted by Gasteiger charge is -2.48. The highest BCUT2D eigenvalue weighted by Gasteiger charge is 2.61. The molecule has 0 aliphatic carbocycles. The Morgan fingerprint density at radius 1 is 0.806 bits per heavy atom. The van der Waals surface area contributed by atoms with Crippen LogP contribution in [0.4, 0.5) is 5.69 Å². The van der Waals surface area contributed by atoms with Crippen molar-refractivity contribution in [1.29, 1.82) is 0 Å². The first-order valence-electron chi connectivity index (χ1n) is 11.5. The number of rotatable bonds is 2. The lowest BCUT2D eigenvalue weighted by molar-refractivity contribution is 0.0432. The summed E-state index contributed by atoms with van der Waals surface area (Å²) in [6.45, 7) is 14.3. The molecule has 0 amide bonds. The molecule has 0 bridgehead atoms. The van der Waals surface area contributed by atoms with Crippen LogP contribution in [0.3, 0.4) is 0 Å². The van der Waals surface area contributed by atoms with Crippen molar-refractivity contribution < 1.29 is 0 Å². The number of para-hydroxylation sites is 1. The summed E-state index contributed by atoms with van der Waals surface area (Å²) in [6.07, 6.45) is 0.270. The van der Waals surface area contributed by atoms with Crippen molar-refractivity contribution in [2.24, 2.45) is 5.41 Å². The molecule has 0 radical (unpaired) electrons. The zero-order valence-corrected chi connectivity index (χ0v) is 19.6. The molecule has 2 nitrogen and oxygen atoms in total. The van der Waals surface area contributed by atoms with E-state index in [9.17, 15) is 0 Å². The first kappa shape index (κ1) is 20.3. The largest absolute Gasteiger partial charge is 0.350 e. The Kier molecular flexibility index (Phi) is 4.57. The summed E-state index contributed by atoms with van der Waals surface area (Å²) in [5, 5.41) is 0. The Morgan fingerprint density at radius 2 is 1.42 bits per heavy atom. The molecule has 2 heterocycles. The summed E-state index contributed by atoms with van der Waals surface area (Å²) in [7, 11) is 0. The smallest absolute Gasteiger partial charge is 0.0889 e. The van der Waals surface area contributed by atoms with Crippen LogP contribution in [-0.4, -0.2) is 17.1 Å². The molecular weight excluding hydrogens is 376 g/mol. The van der Waals surface area contributed by atoms with Gasteiger partial charge in [-0.2, -0.15) is 0 Å².